The van der Waals surface area contributed by atoms with Crippen LogP contribution in [-0.2, 0) is 24.3 Å². The van der Waals surface area contributed by atoms with Crippen LogP contribution in [0.2, 0.25) is 0 Å². The molecule has 0 atom stereocenters. The molecule has 2 rings (SSSR count). The minimum absolute atomic E-state index is 0. The Balaban J connectivity index is 0.000000448. The molecular weight excluding hydrogens is 310 g/mol. The van der Waals surface area contributed by atoms with E-state index in [4.69, 9.17) is 10.2 Å². The molecule has 0 aromatic heterocycles. The van der Waals surface area contributed by atoms with E-state index in [-0.39, 0.29) is 25.1 Å². The van der Waals surface area contributed by atoms with Crippen molar-refractivity contribution >= 4 is 22.7 Å². The average molecular weight is 324 g/mol. The van der Waals surface area contributed by atoms with E-state index in [2.05, 4.69) is 6.58 Å². The number of carbonyl (C=O) groups is 2. The van der Waals surface area contributed by atoms with Crippen LogP contribution in [0.25, 0.3) is 10.8 Å². The van der Waals surface area contributed by atoms with E-state index in [0.29, 0.717) is 5.56 Å². The summed E-state index contributed by atoms with van der Waals surface area (Å²) in [7, 11) is 0. The fraction of sp³-hybridized carbons (Fsp3) is 0.0667. The van der Waals surface area contributed by atoms with E-state index in [0.717, 1.165) is 10.8 Å². The van der Waals surface area contributed by atoms with Crippen LogP contribution in [0.15, 0.2) is 54.6 Å². The van der Waals surface area contributed by atoms with Crippen LogP contribution in [0.5, 0.6) is 0 Å². The largest absolute Gasteiger partial charge is 0.478 e. The predicted molar refractivity (Wildman–Crippen MR) is 73.4 cm³/mol. The summed E-state index contributed by atoms with van der Waals surface area (Å²) in [6.45, 7) is 4.60. The third-order valence-electron chi connectivity index (χ3n) is 2.36. The van der Waals surface area contributed by atoms with Gasteiger partial charge in [0.25, 0.3) is 0 Å². The first kappa shape index (κ1) is 18.0. The molecule has 0 heterocycles. The van der Waals surface area contributed by atoms with Crippen molar-refractivity contribution in [3.8, 4) is 0 Å². The molecule has 0 amide bonds. The van der Waals surface area contributed by atoms with Gasteiger partial charge in [-0.25, -0.2) is 9.59 Å². The van der Waals surface area contributed by atoms with Crippen molar-refractivity contribution in [2.24, 2.45) is 0 Å². The normalized spacial score (nSPS) is 8.85. The van der Waals surface area contributed by atoms with Gasteiger partial charge in [-0.05, 0) is 29.8 Å². The second kappa shape index (κ2) is 8.23. The molecule has 0 saturated heterocycles. The predicted octanol–water partition coefficient (Wildman–Crippen LogP) is 3.18. The monoisotopic (exact) mass is 322 g/mol. The Morgan fingerprint density at radius 3 is 1.95 bits per heavy atom. The van der Waals surface area contributed by atoms with Crippen molar-refractivity contribution in [1.29, 1.82) is 0 Å². The van der Waals surface area contributed by atoms with E-state index in [9.17, 15) is 9.59 Å². The standard InChI is InChI=1S/C11H8O2.C4H6O2.Zn/c12-11(13)10-6-5-8-3-1-2-4-9(8)7-10;1-3(2)4(5)6;/h1-7H,(H,12,13);1H2,2H3,(H,5,6);. The van der Waals surface area contributed by atoms with E-state index in [1.54, 1.807) is 12.1 Å². The first-order valence-corrected chi connectivity index (χ1v) is 5.52. The number of fused-ring (bicyclic) bond motifs is 1. The van der Waals surface area contributed by atoms with Gasteiger partial charge in [-0.2, -0.15) is 0 Å². The fourth-order valence-corrected chi connectivity index (χ4v) is 1.32. The smallest absolute Gasteiger partial charge is 0.335 e. The van der Waals surface area contributed by atoms with Crippen molar-refractivity contribution in [1.82, 2.24) is 0 Å². The number of aromatic carboxylic acids is 1. The van der Waals surface area contributed by atoms with Gasteiger partial charge in [0.1, 0.15) is 0 Å². The van der Waals surface area contributed by atoms with Gasteiger partial charge in [-0.15, -0.1) is 0 Å². The molecular formula is C15H14O4Zn. The van der Waals surface area contributed by atoms with Crippen molar-refractivity contribution in [2.75, 3.05) is 0 Å². The topological polar surface area (TPSA) is 74.6 Å². The van der Waals surface area contributed by atoms with Gasteiger partial charge in [0.05, 0.1) is 5.56 Å². The zero-order valence-electron chi connectivity index (χ0n) is 11.2. The second-order valence-corrected chi connectivity index (χ2v) is 3.95. The first-order valence-electron chi connectivity index (χ1n) is 5.52. The van der Waals surface area contributed by atoms with Crippen LogP contribution in [-0.4, -0.2) is 22.2 Å². The molecule has 100 valence electrons. The maximum Gasteiger partial charge on any atom is 0.335 e. The number of rotatable bonds is 2. The molecule has 0 aliphatic heterocycles. The summed E-state index contributed by atoms with van der Waals surface area (Å²) in [6, 6.07) is 12.8. The maximum absolute atomic E-state index is 10.6. The summed E-state index contributed by atoms with van der Waals surface area (Å²) in [4.78, 5) is 20.2. The molecule has 2 N–H and O–H groups in total. The van der Waals surface area contributed by atoms with Crippen molar-refractivity contribution in [3.63, 3.8) is 0 Å². The van der Waals surface area contributed by atoms with E-state index in [1.807, 2.05) is 30.3 Å². The van der Waals surface area contributed by atoms with Gasteiger partial charge < -0.3 is 10.2 Å². The molecule has 0 aliphatic carbocycles. The van der Waals surface area contributed by atoms with Gasteiger partial charge in [0.15, 0.2) is 0 Å². The molecule has 0 spiro atoms. The van der Waals surface area contributed by atoms with Crippen LogP contribution in [0.4, 0.5) is 0 Å². The third-order valence-corrected chi connectivity index (χ3v) is 2.36. The summed E-state index contributed by atoms with van der Waals surface area (Å²) in [6.07, 6.45) is 0. The van der Waals surface area contributed by atoms with E-state index >= 15 is 0 Å². The Bertz CT molecular complexity index is 623. The van der Waals surface area contributed by atoms with Crippen LogP contribution in [0.1, 0.15) is 17.3 Å². The van der Waals surface area contributed by atoms with Gasteiger partial charge in [-0.1, -0.05) is 36.9 Å². The summed E-state index contributed by atoms with van der Waals surface area (Å²) < 4.78 is 0. The zero-order valence-corrected chi connectivity index (χ0v) is 14.1. The van der Waals surface area contributed by atoms with Crippen LogP contribution in [0, 0.1) is 0 Å². The van der Waals surface area contributed by atoms with Crippen LogP contribution in [0.3, 0.4) is 0 Å². The Labute approximate surface area is 129 Å². The first-order chi connectivity index (χ1) is 8.91. The molecule has 20 heavy (non-hydrogen) atoms. The second-order valence-electron chi connectivity index (χ2n) is 3.95. The number of benzene rings is 2. The number of hydrogen-bond donors (Lipinski definition) is 2. The quantitative estimate of drug-likeness (QED) is 0.657. The van der Waals surface area contributed by atoms with Crippen molar-refractivity contribution in [2.45, 2.75) is 6.92 Å². The maximum atomic E-state index is 10.6. The van der Waals surface area contributed by atoms with Gasteiger partial charge in [-0.3, -0.25) is 0 Å². The number of aliphatic carboxylic acids is 1. The molecule has 0 bridgehead atoms. The van der Waals surface area contributed by atoms with E-state index in [1.165, 1.54) is 6.92 Å². The average Bonchev–Trinajstić information content (AvgIpc) is 2.38. The molecule has 0 fully saturated rings. The fourth-order valence-electron chi connectivity index (χ4n) is 1.32. The zero-order chi connectivity index (χ0) is 14.4. The van der Waals surface area contributed by atoms with Crippen LogP contribution < -0.4 is 0 Å². The molecule has 0 saturated carbocycles. The molecule has 4 nitrogen and oxygen atoms in total. The Morgan fingerprint density at radius 1 is 1.00 bits per heavy atom. The van der Waals surface area contributed by atoms with Gasteiger partial charge in [0, 0.05) is 25.1 Å². The van der Waals surface area contributed by atoms with Crippen LogP contribution >= 0.6 is 0 Å². The molecule has 0 radical (unpaired) electrons. The van der Waals surface area contributed by atoms with Gasteiger partial charge in [0.2, 0.25) is 0 Å². The van der Waals surface area contributed by atoms with Crippen molar-refractivity contribution in [3.05, 3.63) is 60.2 Å². The Morgan fingerprint density at radius 2 is 1.50 bits per heavy atom. The number of carboxylic acids is 2. The SMILES string of the molecule is C=C(C)C(=O)O.O=C(O)c1ccc2ccccc2c1.[Zn]. The Hall–Kier alpha value is -2.00. The molecule has 0 unspecified atom stereocenters. The molecule has 5 heteroatoms. The van der Waals surface area contributed by atoms with Crippen molar-refractivity contribution < 1.29 is 39.3 Å². The summed E-state index contributed by atoms with van der Waals surface area (Å²) in [5.41, 5.74) is 0.508. The molecule has 0 aliphatic rings. The molecule has 2 aromatic rings. The van der Waals surface area contributed by atoms with E-state index < -0.39 is 11.9 Å². The minimum atomic E-state index is -0.935. The summed E-state index contributed by atoms with van der Waals surface area (Å²) in [5, 5.41) is 18.7. The Kier molecular flexibility index (Phi) is 7.41. The van der Waals surface area contributed by atoms with Gasteiger partial charge >= 0.3 is 11.9 Å². The molecule has 2 aromatic carbocycles. The third kappa shape index (κ3) is 5.33. The minimum Gasteiger partial charge on any atom is -0.478 e. The number of hydrogen-bond acceptors (Lipinski definition) is 2. The summed E-state index contributed by atoms with van der Waals surface area (Å²) in [5.74, 6) is -1.82. The number of carboxylic acid groups (broad SMARTS) is 2. The summed E-state index contributed by atoms with van der Waals surface area (Å²) >= 11 is 0.